The number of aromatic nitrogens is 2. The maximum atomic E-state index is 12.4. The molecule has 0 bridgehead atoms. The third kappa shape index (κ3) is 4.66. The molecule has 0 aromatic carbocycles. The average Bonchev–Trinajstić information content (AvgIpc) is 3.11. The van der Waals surface area contributed by atoms with Crippen LogP contribution in [0.1, 0.15) is 31.4 Å². The quantitative estimate of drug-likeness (QED) is 0.764. The summed E-state index contributed by atoms with van der Waals surface area (Å²) in [6.45, 7) is 1.21. The number of methoxy groups -OCH3 is 1. The molecule has 1 saturated heterocycles. The molecule has 1 atom stereocenters. The van der Waals surface area contributed by atoms with Gasteiger partial charge in [0.15, 0.2) is 0 Å². The first-order valence-electron chi connectivity index (χ1n) is 7.80. The van der Waals surface area contributed by atoms with Gasteiger partial charge in [0.25, 0.3) is 0 Å². The van der Waals surface area contributed by atoms with Gasteiger partial charge in [-0.1, -0.05) is 0 Å². The normalized spacial score (nSPS) is 21.6. The van der Waals surface area contributed by atoms with Gasteiger partial charge in [-0.15, -0.1) is 0 Å². The van der Waals surface area contributed by atoms with Crippen molar-refractivity contribution in [1.29, 1.82) is 0 Å². The van der Waals surface area contributed by atoms with Gasteiger partial charge in [0.1, 0.15) is 0 Å². The van der Waals surface area contributed by atoms with Crippen molar-refractivity contribution in [3.8, 4) is 0 Å². The molecule has 1 aliphatic rings. The number of ether oxygens (including phenoxy) is 1. The molecular weight excluding hydrogens is 296 g/mol. The molecule has 126 valence electrons. The van der Waals surface area contributed by atoms with Gasteiger partial charge in [-0.2, -0.15) is 0 Å². The van der Waals surface area contributed by atoms with Crippen molar-refractivity contribution >= 4 is 17.9 Å². The SMILES string of the molecule is CNC(=O)CC[C@]1(OC)CCCN(C(=O)/C=C/c2cnc[nH]2)C1. The van der Waals surface area contributed by atoms with E-state index in [1.807, 2.05) is 0 Å². The van der Waals surface area contributed by atoms with E-state index in [2.05, 4.69) is 15.3 Å². The molecule has 2 heterocycles. The highest BCUT2D eigenvalue weighted by Crippen LogP contribution is 2.29. The number of aromatic amines is 1. The fraction of sp³-hybridized carbons (Fsp3) is 0.562. The van der Waals surface area contributed by atoms with Gasteiger partial charge < -0.3 is 19.9 Å². The molecule has 2 amide bonds. The van der Waals surface area contributed by atoms with Crippen LogP contribution in [0.2, 0.25) is 0 Å². The molecule has 0 unspecified atom stereocenters. The van der Waals surface area contributed by atoms with E-state index in [9.17, 15) is 9.59 Å². The Morgan fingerprint density at radius 3 is 3.04 bits per heavy atom. The molecule has 7 nitrogen and oxygen atoms in total. The summed E-state index contributed by atoms with van der Waals surface area (Å²) in [6.07, 6.45) is 9.21. The number of nitrogens with zero attached hydrogens (tertiary/aromatic N) is 2. The Balaban J connectivity index is 1.97. The highest BCUT2D eigenvalue weighted by molar-refractivity contribution is 5.91. The predicted octanol–water partition coefficient (Wildman–Crippen LogP) is 0.957. The summed E-state index contributed by atoms with van der Waals surface area (Å²) in [5, 5.41) is 2.62. The van der Waals surface area contributed by atoms with E-state index >= 15 is 0 Å². The summed E-state index contributed by atoms with van der Waals surface area (Å²) in [5.41, 5.74) is 0.343. The third-order valence-electron chi connectivity index (χ3n) is 4.30. The van der Waals surface area contributed by atoms with Crippen LogP contribution >= 0.6 is 0 Å². The second-order valence-electron chi connectivity index (χ2n) is 5.76. The molecule has 7 heteroatoms. The third-order valence-corrected chi connectivity index (χ3v) is 4.30. The van der Waals surface area contributed by atoms with Crippen molar-refractivity contribution in [2.45, 2.75) is 31.3 Å². The van der Waals surface area contributed by atoms with Gasteiger partial charge in [-0.3, -0.25) is 9.59 Å². The summed E-state index contributed by atoms with van der Waals surface area (Å²) in [5.74, 6) is -0.0651. The zero-order valence-corrected chi connectivity index (χ0v) is 13.7. The number of piperidine rings is 1. The first kappa shape index (κ1) is 17.2. The number of rotatable bonds is 6. The van der Waals surface area contributed by atoms with Crippen molar-refractivity contribution in [3.63, 3.8) is 0 Å². The van der Waals surface area contributed by atoms with Crippen LogP contribution in [0.4, 0.5) is 0 Å². The number of carbonyl (C=O) groups excluding carboxylic acids is 2. The zero-order chi connectivity index (χ0) is 16.7. The van der Waals surface area contributed by atoms with E-state index in [1.165, 1.54) is 6.08 Å². The van der Waals surface area contributed by atoms with Crippen LogP contribution in [-0.4, -0.2) is 59.5 Å². The van der Waals surface area contributed by atoms with Crippen molar-refractivity contribution in [3.05, 3.63) is 24.3 Å². The molecule has 23 heavy (non-hydrogen) atoms. The van der Waals surface area contributed by atoms with E-state index in [1.54, 1.807) is 37.7 Å². The first-order chi connectivity index (χ1) is 11.1. The zero-order valence-electron chi connectivity index (χ0n) is 13.7. The minimum atomic E-state index is -0.442. The number of nitrogens with one attached hydrogen (secondary N) is 2. The summed E-state index contributed by atoms with van der Waals surface area (Å²) in [4.78, 5) is 32.5. The molecule has 2 rings (SSSR count). The number of imidazole rings is 1. The molecule has 1 aliphatic heterocycles. The topological polar surface area (TPSA) is 87.3 Å². The number of likely N-dealkylation sites (tertiary alicyclic amines) is 1. The van der Waals surface area contributed by atoms with Gasteiger partial charge >= 0.3 is 0 Å². The van der Waals surface area contributed by atoms with Crippen LogP contribution < -0.4 is 5.32 Å². The summed E-state index contributed by atoms with van der Waals surface area (Å²) < 4.78 is 5.69. The highest BCUT2D eigenvalue weighted by Gasteiger charge is 2.36. The van der Waals surface area contributed by atoms with Crippen LogP contribution in [0, 0.1) is 0 Å². The van der Waals surface area contributed by atoms with Crippen molar-refractivity contribution in [1.82, 2.24) is 20.2 Å². The maximum Gasteiger partial charge on any atom is 0.246 e. The molecule has 0 radical (unpaired) electrons. The second kappa shape index (κ2) is 7.92. The lowest BCUT2D eigenvalue weighted by atomic mass is 9.87. The van der Waals surface area contributed by atoms with Crippen molar-refractivity contribution < 1.29 is 14.3 Å². The van der Waals surface area contributed by atoms with Crippen LogP contribution in [0.25, 0.3) is 6.08 Å². The van der Waals surface area contributed by atoms with E-state index in [-0.39, 0.29) is 11.8 Å². The Bertz CT molecular complexity index is 556. The van der Waals surface area contributed by atoms with Crippen LogP contribution in [0.15, 0.2) is 18.6 Å². The van der Waals surface area contributed by atoms with Crippen molar-refractivity contribution in [2.75, 3.05) is 27.2 Å². The molecule has 0 aliphatic carbocycles. The van der Waals surface area contributed by atoms with E-state index in [0.29, 0.717) is 25.9 Å². The van der Waals surface area contributed by atoms with Gasteiger partial charge in [0.2, 0.25) is 11.8 Å². The summed E-state index contributed by atoms with van der Waals surface area (Å²) >= 11 is 0. The Labute approximate surface area is 136 Å². The fourth-order valence-electron chi connectivity index (χ4n) is 2.85. The monoisotopic (exact) mass is 320 g/mol. The van der Waals surface area contributed by atoms with Crippen LogP contribution in [0.3, 0.4) is 0 Å². The van der Waals surface area contributed by atoms with Gasteiger partial charge in [0.05, 0.1) is 23.8 Å². The summed E-state index contributed by atoms with van der Waals surface area (Å²) in [7, 11) is 3.27. The number of hydrogen-bond donors (Lipinski definition) is 2. The number of hydrogen-bond acceptors (Lipinski definition) is 4. The highest BCUT2D eigenvalue weighted by atomic mass is 16.5. The molecule has 0 saturated carbocycles. The molecule has 1 fully saturated rings. The van der Waals surface area contributed by atoms with E-state index < -0.39 is 5.60 Å². The smallest absolute Gasteiger partial charge is 0.246 e. The maximum absolute atomic E-state index is 12.4. The average molecular weight is 320 g/mol. The van der Waals surface area contributed by atoms with E-state index in [4.69, 9.17) is 4.74 Å². The minimum absolute atomic E-state index is 0.0102. The lowest BCUT2D eigenvalue weighted by molar-refractivity contribution is -0.136. The first-order valence-corrected chi connectivity index (χ1v) is 7.80. The Morgan fingerprint density at radius 2 is 2.39 bits per heavy atom. The number of amides is 2. The molecule has 1 aromatic heterocycles. The molecule has 2 N–H and O–H groups in total. The lowest BCUT2D eigenvalue weighted by Crippen LogP contribution is -2.51. The standard InChI is InChI=1S/C16H24N4O3/c1-17-14(21)6-8-16(23-2)7-3-9-20(11-16)15(22)5-4-13-10-18-12-19-13/h4-5,10,12H,3,6-9,11H2,1-2H3,(H,17,21)(H,18,19)/b5-4+/t16-/m1/s1. The van der Waals surface area contributed by atoms with Crippen LogP contribution in [0.5, 0.6) is 0 Å². The molecule has 1 aromatic rings. The molecule has 0 spiro atoms. The Kier molecular flexibility index (Phi) is 5.92. The lowest BCUT2D eigenvalue weighted by Gasteiger charge is -2.41. The van der Waals surface area contributed by atoms with E-state index in [0.717, 1.165) is 18.5 Å². The van der Waals surface area contributed by atoms with Gasteiger partial charge in [-0.25, -0.2) is 4.98 Å². The second-order valence-corrected chi connectivity index (χ2v) is 5.76. The van der Waals surface area contributed by atoms with Gasteiger partial charge in [0, 0.05) is 39.7 Å². The summed E-state index contributed by atoms with van der Waals surface area (Å²) in [6, 6.07) is 0. The van der Waals surface area contributed by atoms with Crippen molar-refractivity contribution in [2.24, 2.45) is 0 Å². The fourth-order valence-corrected chi connectivity index (χ4v) is 2.85. The minimum Gasteiger partial charge on any atom is -0.376 e. The number of H-pyrrole nitrogens is 1. The Hall–Kier alpha value is -2.15. The van der Waals surface area contributed by atoms with Gasteiger partial charge in [-0.05, 0) is 25.3 Å². The predicted molar refractivity (Wildman–Crippen MR) is 86.5 cm³/mol. The largest absolute Gasteiger partial charge is 0.376 e. The van der Waals surface area contributed by atoms with Crippen LogP contribution in [-0.2, 0) is 14.3 Å². The number of carbonyl (C=O) groups is 2. The Morgan fingerprint density at radius 1 is 1.57 bits per heavy atom. The molecular formula is C16H24N4O3.